The lowest BCUT2D eigenvalue weighted by Gasteiger charge is -2.28. The predicted octanol–water partition coefficient (Wildman–Crippen LogP) is 8.08. The molecule has 0 radical (unpaired) electrons. The standard InChI is InChI=1S/C29H27N/c1-20-12-14-22(15-13-20)30(23-9-7-8-21(2)18-23)24-16-17-26-25-10-5-6-11-27(25)29(3,4)28(26)19-24/h5-19H,1-4H3. The summed E-state index contributed by atoms with van der Waals surface area (Å²) < 4.78 is 0. The van der Waals surface area contributed by atoms with Gasteiger partial charge in [0.1, 0.15) is 0 Å². The molecule has 0 aliphatic heterocycles. The number of hydrogen-bond acceptors (Lipinski definition) is 1. The Morgan fingerprint density at radius 3 is 1.97 bits per heavy atom. The predicted molar refractivity (Wildman–Crippen MR) is 128 cm³/mol. The van der Waals surface area contributed by atoms with Crippen molar-refractivity contribution in [3.05, 3.63) is 113 Å². The van der Waals surface area contributed by atoms with Gasteiger partial charge in [0, 0.05) is 22.5 Å². The quantitative estimate of drug-likeness (QED) is 0.342. The molecule has 1 aliphatic carbocycles. The van der Waals surface area contributed by atoms with Gasteiger partial charge in [-0.1, -0.05) is 74.0 Å². The van der Waals surface area contributed by atoms with Crippen LogP contribution in [0.15, 0.2) is 91.0 Å². The Kier molecular flexibility index (Phi) is 4.29. The van der Waals surface area contributed by atoms with Crippen LogP contribution in [0.1, 0.15) is 36.1 Å². The average molecular weight is 390 g/mol. The summed E-state index contributed by atoms with van der Waals surface area (Å²) in [5.74, 6) is 0. The van der Waals surface area contributed by atoms with Crippen LogP contribution in [0.3, 0.4) is 0 Å². The van der Waals surface area contributed by atoms with Crippen molar-refractivity contribution in [2.24, 2.45) is 0 Å². The first-order chi connectivity index (χ1) is 14.4. The maximum atomic E-state index is 2.39. The normalized spacial score (nSPS) is 13.6. The lowest BCUT2D eigenvalue weighted by atomic mass is 9.82. The molecule has 1 aliphatic rings. The molecule has 0 fully saturated rings. The molecule has 4 aromatic carbocycles. The third-order valence-electron chi connectivity index (χ3n) is 6.38. The monoisotopic (exact) mass is 389 g/mol. The second kappa shape index (κ2) is 6.88. The molecule has 0 saturated heterocycles. The third kappa shape index (κ3) is 2.93. The fourth-order valence-electron chi connectivity index (χ4n) is 4.74. The van der Waals surface area contributed by atoms with Gasteiger partial charge in [-0.15, -0.1) is 0 Å². The molecule has 0 bridgehead atoms. The smallest absolute Gasteiger partial charge is 0.0465 e. The van der Waals surface area contributed by atoms with E-state index in [2.05, 4.69) is 124 Å². The Labute approximate surface area is 179 Å². The number of nitrogens with zero attached hydrogens (tertiary/aromatic N) is 1. The molecule has 1 heteroatoms. The largest absolute Gasteiger partial charge is 0.310 e. The minimum absolute atomic E-state index is 0.00646. The highest BCUT2D eigenvalue weighted by atomic mass is 15.1. The molecule has 30 heavy (non-hydrogen) atoms. The summed E-state index contributed by atoms with van der Waals surface area (Å²) in [6.07, 6.45) is 0. The van der Waals surface area contributed by atoms with E-state index in [0.29, 0.717) is 0 Å². The van der Waals surface area contributed by atoms with E-state index in [0.717, 1.165) is 0 Å². The molecule has 0 saturated carbocycles. The molecular formula is C29H27N. The van der Waals surface area contributed by atoms with Crippen molar-refractivity contribution in [2.75, 3.05) is 4.90 Å². The SMILES string of the molecule is Cc1ccc(N(c2cccc(C)c2)c2ccc3c(c2)C(C)(C)c2ccccc2-3)cc1. The van der Waals surface area contributed by atoms with E-state index in [1.165, 1.54) is 50.4 Å². The third-order valence-corrected chi connectivity index (χ3v) is 6.38. The van der Waals surface area contributed by atoms with Crippen LogP contribution in [0.5, 0.6) is 0 Å². The van der Waals surface area contributed by atoms with E-state index in [1.807, 2.05) is 0 Å². The molecule has 4 aromatic rings. The summed E-state index contributed by atoms with van der Waals surface area (Å²) in [6, 6.07) is 33.3. The van der Waals surface area contributed by atoms with E-state index in [1.54, 1.807) is 0 Å². The number of anilines is 3. The summed E-state index contributed by atoms with van der Waals surface area (Å²) in [5.41, 5.74) is 11.6. The van der Waals surface area contributed by atoms with Crippen molar-refractivity contribution in [1.82, 2.24) is 0 Å². The fraction of sp³-hybridized carbons (Fsp3) is 0.172. The van der Waals surface area contributed by atoms with Crippen LogP contribution in [0.2, 0.25) is 0 Å². The van der Waals surface area contributed by atoms with Gasteiger partial charge >= 0.3 is 0 Å². The highest BCUT2D eigenvalue weighted by Gasteiger charge is 2.35. The van der Waals surface area contributed by atoms with Gasteiger partial charge in [-0.05, 0) is 78.1 Å². The van der Waals surface area contributed by atoms with Crippen LogP contribution < -0.4 is 4.90 Å². The molecule has 0 unspecified atom stereocenters. The van der Waals surface area contributed by atoms with Gasteiger partial charge in [0.15, 0.2) is 0 Å². The first-order valence-electron chi connectivity index (χ1n) is 10.6. The van der Waals surface area contributed by atoms with Gasteiger partial charge in [-0.2, -0.15) is 0 Å². The van der Waals surface area contributed by atoms with Crippen LogP contribution in [0.25, 0.3) is 11.1 Å². The molecule has 1 nitrogen and oxygen atoms in total. The number of aryl methyl sites for hydroxylation is 2. The molecule has 0 N–H and O–H groups in total. The average Bonchev–Trinajstić information content (AvgIpc) is 2.97. The van der Waals surface area contributed by atoms with Gasteiger partial charge in [0.2, 0.25) is 0 Å². The Morgan fingerprint density at radius 1 is 0.533 bits per heavy atom. The summed E-state index contributed by atoms with van der Waals surface area (Å²) in [4.78, 5) is 2.37. The van der Waals surface area contributed by atoms with Crippen molar-refractivity contribution in [1.29, 1.82) is 0 Å². The Balaban J connectivity index is 1.70. The zero-order valence-electron chi connectivity index (χ0n) is 18.1. The van der Waals surface area contributed by atoms with E-state index >= 15 is 0 Å². The van der Waals surface area contributed by atoms with Gasteiger partial charge in [-0.25, -0.2) is 0 Å². The molecule has 5 rings (SSSR count). The Morgan fingerprint density at radius 2 is 1.20 bits per heavy atom. The van der Waals surface area contributed by atoms with E-state index in [9.17, 15) is 0 Å². The summed E-state index contributed by atoms with van der Waals surface area (Å²) in [7, 11) is 0. The first kappa shape index (κ1) is 18.7. The highest BCUT2D eigenvalue weighted by molar-refractivity contribution is 5.85. The number of fused-ring (bicyclic) bond motifs is 3. The summed E-state index contributed by atoms with van der Waals surface area (Å²) >= 11 is 0. The van der Waals surface area contributed by atoms with Crippen LogP contribution in [-0.4, -0.2) is 0 Å². The Bertz CT molecular complexity index is 1230. The molecular weight excluding hydrogens is 362 g/mol. The number of benzene rings is 4. The first-order valence-corrected chi connectivity index (χ1v) is 10.6. The van der Waals surface area contributed by atoms with E-state index in [4.69, 9.17) is 0 Å². The van der Waals surface area contributed by atoms with E-state index < -0.39 is 0 Å². The van der Waals surface area contributed by atoms with Gasteiger partial charge in [0.05, 0.1) is 0 Å². The molecule has 0 atom stereocenters. The maximum Gasteiger partial charge on any atom is 0.0465 e. The molecule has 0 heterocycles. The van der Waals surface area contributed by atoms with Crippen LogP contribution in [0.4, 0.5) is 17.1 Å². The minimum atomic E-state index is -0.00646. The van der Waals surface area contributed by atoms with Crippen LogP contribution in [-0.2, 0) is 5.41 Å². The molecule has 0 spiro atoms. The number of hydrogen-bond donors (Lipinski definition) is 0. The Hall–Kier alpha value is -3.32. The van der Waals surface area contributed by atoms with Crippen molar-refractivity contribution in [2.45, 2.75) is 33.1 Å². The molecule has 0 aromatic heterocycles. The topological polar surface area (TPSA) is 3.24 Å². The fourth-order valence-corrected chi connectivity index (χ4v) is 4.74. The zero-order valence-corrected chi connectivity index (χ0v) is 18.1. The number of rotatable bonds is 3. The molecule has 0 amide bonds. The molecule has 148 valence electrons. The van der Waals surface area contributed by atoms with Crippen LogP contribution >= 0.6 is 0 Å². The van der Waals surface area contributed by atoms with Crippen molar-refractivity contribution < 1.29 is 0 Å². The van der Waals surface area contributed by atoms with Crippen LogP contribution in [0, 0.1) is 13.8 Å². The second-order valence-electron chi connectivity index (χ2n) is 8.91. The highest BCUT2D eigenvalue weighted by Crippen LogP contribution is 2.50. The van der Waals surface area contributed by atoms with Crippen molar-refractivity contribution in [3.8, 4) is 11.1 Å². The van der Waals surface area contributed by atoms with Gasteiger partial charge in [0.25, 0.3) is 0 Å². The maximum absolute atomic E-state index is 2.39. The van der Waals surface area contributed by atoms with Gasteiger partial charge < -0.3 is 4.90 Å². The minimum Gasteiger partial charge on any atom is -0.310 e. The van der Waals surface area contributed by atoms with Crippen molar-refractivity contribution in [3.63, 3.8) is 0 Å². The second-order valence-corrected chi connectivity index (χ2v) is 8.91. The van der Waals surface area contributed by atoms with E-state index in [-0.39, 0.29) is 5.41 Å². The summed E-state index contributed by atoms with van der Waals surface area (Å²) in [6.45, 7) is 8.96. The lowest BCUT2D eigenvalue weighted by molar-refractivity contribution is 0.660. The summed E-state index contributed by atoms with van der Waals surface area (Å²) in [5, 5.41) is 0. The van der Waals surface area contributed by atoms with Gasteiger partial charge in [-0.3, -0.25) is 0 Å². The lowest BCUT2D eigenvalue weighted by Crippen LogP contribution is -2.16. The zero-order chi connectivity index (χ0) is 20.9. The van der Waals surface area contributed by atoms with Crippen molar-refractivity contribution >= 4 is 17.1 Å².